The van der Waals surface area contributed by atoms with Gasteiger partial charge in [-0.3, -0.25) is 0 Å². The fourth-order valence-electron chi connectivity index (χ4n) is 0. The Morgan fingerprint density at radius 1 is 0.429 bits per heavy atom. The first-order valence-electron chi connectivity index (χ1n) is 0. The standard InChI is InChI=1S/2H2O.3O.2Y/h2*1H2;;;;;/q;;3*-2;2*+3. The van der Waals surface area contributed by atoms with Crippen molar-refractivity contribution in [1.82, 2.24) is 0 Å². The van der Waals surface area contributed by atoms with Crippen molar-refractivity contribution in [1.29, 1.82) is 0 Å². The Kier molecular flexibility index (Phi) is 2000. The van der Waals surface area contributed by atoms with E-state index in [1.54, 1.807) is 0 Å². The van der Waals surface area contributed by atoms with Crippen LogP contribution in [-0.2, 0) is 81.8 Å². The van der Waals surface area contributed by atoms with Gasteiger partial charge in [0.05, 0.1) is 0 Å². The fraction of sp³-hybridized carbons (Fsp3) is 0. The Morgan fingerprint density at radius 3 is 0.429 bits per heavy atom. The van der Waals surface area contributed by atoms with Crippen molar-refractivity contribution in [2.45, 2.75) is 0 Å². The first-order chi connectivity index (χ1) is 0. The van der Waals surface area contributed by atoms with E-state index in [0.717, 1.165) is 0 Å². The van der Waals surface area contributed by atoms with Gasteiger partial charge in [-0.25, -0.2) is 0 Å². The van der Waals surface area contributed by atoms with E-state index in [2.05, 4.69) is 0 Å². The van der Waals surface area contributed by atoms with Crippen LogP contribution in [0.3, 0.4) is 0 Å². The van der Waals surface area contributed by atoms with Crippen LogP contribution in [0.15, 0.2) is 0 Å². The molecule has 0 rings (SSSR count). The molecular formula is H4O5Y2. The largest absolute Gasteiger partial charge is 3.00 e. The zero-order chi connectivity index (χ0) is 0. The predicted molar refractivity (Wildman–Crippen MR) is 9.29 cm³/mol. The maximum Gasteiger partial charge on any atom is 3.00 e. The Hall–Kier alpha value is 2.01. The fourth-order valence-corrected chi connectivity index (χ4v) is 0. The van der Waals surface area contributed by atoms with E-state index in [0.29, 0.717) is 0 Å². The molecular weight excluding hydrogens is 258 g/mol. The molecule has 0 amide bonds. The Balaban J connectivity index is 0. The molecule has 0 aromatic carbocycles. The summed E-state index contributed by atoms with van der Waals surface area (Å²) in [7, 11) is 0. The van der Waals surface area contributed by atoms with E-state index in [1.807, 2.05) is 0 Å². The Labute approximate surface area is 91.5 Å². The minimum Gasteiger partial charge on any atom is -2.00 e. The van der Waals surface area contributed by atoms with Crippen LogP contribution in [0, 0.1) is 0 Å². The molecule has 7 heavy (non-hydrogen) atoms. The third-order valence-corrected chi connectivity index (χ3v) is 0. The second-order valence-electron chi connectivity index (χ2n) is 0. The molecule has 0 unspecified atom stereocenters. The third-order valence-electron chi connectivity index (χ3n) is 0. The molecule has 4 N–H and O–H groups in total. The van der Waals surface area contributed by atoms with E-state index in [9.17, 15) is 0 Å². The van der Waals surface area contributed by atoms with Crippen LogP contribution < -0.4 is 0 Å². The van der Waals surface area contributed by atoms with Gasteiger partial charge in [-0.2, -0.15) is 0 Å². The molecule has 0 atom stereocenters. The molecule has 0 aliphatic heterocycles. The van der Waals surface area contributed by atoms with E-state index in [-0.39, 0.29) is 92.8 Å². The summed E-state index contributed by atoms with van der Waals surface area (Å²) in [6.07, 6.45) is 0. The topological polar surface area (TPSA) is 148 Å². The van der Waals surface area contributed by atoms with Crippen LogP contribution in [0.25, 0.3) is 0 Å². The van der Waals surface area contributed by atoms with Gasteiger partial charge >= 0.3 is 65.4 Å². The molecule has 0 heterocycles. The van der Waals surface area contributed by atoms with Crippen LogP contribution >= 0.6 is 0 Å². The summed E-state index contributed by atoms with van der Waals surface area (Å²) >= 11 is 0. The molecule has 40 valence electrons. The van der Waals surface area contributed by atoms with E-state index in [4.69, 9.17) is 0 Å². The molecule has 0 fully saturated rings. The summed E-state index contributed by atoms with van der Waals surface area (Å²) in [4.78, 5) is 0. The summed E-state index contributed by atoms with van der Waals surface area (Å²) in [6.45, 7) is 0. The predicted octanol–water partition coefficient (Wildman–Crippen LogP) is -2.01. The summed E-state index contributed by atoms with van der Waals surface area (Å²) < 4.78 is 0. The molecule has 7 heteroatoms. The molecule has 0 radical (unpaired) electrons. The molecule has 0 aromatic heterocycles. The third kappa shape index (κ3) is 71.7. The van der Waals surface area contributed by atoms with Crippen LogP contribution in [-0.4, -0.2) is 11.0 Å². The van der Waals surface area contributed by atoms with Gasteiger partial charge in [-0.15, -0.1) is 0 Å². The van der Waals surface area contributed by atoms with Crippen molar-refractivity contribution >= 4 is 0 Å². The summed E-state index contributed by atoms with van der Waals surface area (Å²) in [5.74, 6) is 0. The molecule has 0 saturated heterocycles. The first kappa shape index (κ1) is 143. The van der Waals surface area contributed by atoms with Crippen LogP contribution in [0.4, 0.5) is 0 Å². The molecule has 0 bridgehead atoms. The zero-order valence-corrected chi connectivity index (χ0v) is 9.06. The van der Waals surface area contributed by atoms with E-state index < -0.39 is 0 Å². The monoisotopic (exact) mass is 262 g/mol. The average molecular weight is 262 g/mol. The Morgan fingerprint density at radius 2 is 0.429 bits per heavy atom. The van der Waals surface area contributed by atoms with Crippen molar-refractivity contribution in [3.8, 4) is 0 Å². The number of rotatable bonds is 0. The van der Waals surface area contributed by atoms with Gasteiger partial charge in [-0.1, -0.05) is 0 Å². The van der Waals surface area contributed by atoms with Crippen molar-refractivity contribution in [3.63, 3.8) is 0 Å². The second-order valence-corrected chi connectivity index (χ2v) is 0. The van der Waals surface area contributed by atoms with Gasteiger partial charge in [0.25, 0.3) is 0 Å². The summed E-state index contributed by atoms with van der Waals surface area (Å²) in [5.41, 5.74) is 0. The van der Waals surface area contributed by atoms with Crippen LogP contribution in [0.5, 0.6) is 0 Å². The van der Waals surface area contributed by atoms with Gasteiger partial charge in [-0.05, 0) is 0 Å². The van der Waals surface area contributed by atoms with Crippen molar-refractivity contribution in [3.05, 3.63) is 0 Å². The number of hydrogen-bond donors (Lipinski definition) is 0. The quantitative estimate of drug-likeness (QED) is 0.474. The van der Waals surface area contributed by atoms with Crippen LogP contribution in [0.2, 0.25) is 0 Å². The molecule has 0 saturated carbocycles. The normalized spacial score (nSPS) is 0. The summed E-state index contributed by atoms with van der Waals surface area (Å²) in [5, 5.41) is 0. The maximum absolute atomic E-state index is 0. The summed E-state index contributed by atoms with van der Waals surface area (Å²) in [6, 6.07) is 0. The first-order valence-corrected chi connectivity index (χ1v) is 0. The van der Waals surface area contributed by atoms with Crippen molar-refractivity contribution in [2.24, 2.45) is 0 Å². The van der Waals surface area contributed by atoms with Crippen molar-refractivity contribution < 1.29 is 92.8 Å². The number of hydrogen-bond acceptors (Lipinski definition) is 0. The molecule has 0 aliphatic rings. The zero-order valence-electron chi connectivity index (χ0n) is 3.38. The van der Waals surface area contributed by atoms with Gasteiger partial charge < -0.3 is 27.4 Å². The minimum absolute atomic E-state index is 0. The van der Waals surface area contributed by atoms with Gasteiger partial charge in [0.15, 0.2) is 0 Å². The Bertz CT molecular complexity index is 6.04. The smallest absolute Gasteiger partial charge is 2.00 e. The van der Waals surface area contributed by atoms with E-state index >= 15 is 0 Å². The maximum atomic E-state index is 0. The van der Waals surface area contributed by atoms with Gasteiger partial charge in [0, 0.05) is 0 Å². The molecule has 5 nitrogen and oxygen atoms in total. The minimum atomic E-state index is 0. The van der Waals surface area contributed by atoms with Gasteiger partial charge in [0.1, 0.15) is 0 Å². The second kappa shape index (κ2) is 97.6. The molecule has 0 aromatic rings. The molecule has 0 spiro atoms. The van der Waals surface area contributed by atoms with Gasteiger partial charge in [0.2, 0.25) is 0 Å². The molecule has 0 aliphatic carbocycles. The van der Waals surface area contributed by atoms with E-state index in [1.165, 1.54) is 0 Å². The SMILES string of the molecule is O.O.[O-2].[O-2].[O-2].[Y+3].[Y+3]. The average Bonchev–Trinajstić information content (AvgIpc) is 0. The van der Waals surface area contributed by atoms with Crippen molar-refractivity contribution in [2.75, 3.05) is 0 Å². The van der Waals surface area contributed by atoms with Crippen LogP contribution in [0.1, 0.15) is 0 Å².